The van der Waals surface area contributed by atoms with Crippen molar-refractivity contribution in [2.45, 2.75) is 60.5 Å². The quantitative estimate of drug-likeness (QED) is 0.114. The van der Waals surface area contributed by atoms with E-state index < -0.39 is 61.1 Å². The van der Waals surface area contributed by atoms with Gasteiger partial charge in [-0.05, 0) is 25.7 Å². The molecule has 0 fully saturated rings. The summed E-state index contributed by atoms with van der Waals surface area (Å²) in [6, 6.07) is 0. The lowest BCUT2D eigenvalue weighted by Crippen LogP contribution is -2.20. The van der Waals surface area contributed by atoms with Crippen molar-refractivity contribution in [2.75, 3.05) is 11.5 Å². The first-order chi connectivity index (χ1) is 13.4. The van der Waals surface area contributed by atoms with E-state index in [9.17, 15) is 42.8 Å². The minimum atomic E-state index is -4.56. The molecule has 0 rings (SSSR count). The lowest BCUT2D eigenvalue weighted by molar-refractivity contribution is 0.470. The molecule has 0 aromatic rings. The average molecular weight is 555 g/mol. The zero-order valence-electron chi connectivity index (χ0n) is 15.7. The van der Waals surface area contributed by atoms with Crippen LogP contribution in [0.5, 0.6) is 0 Å². The Morgan fingerprint density at radius 3 is 1.03 bits per heavy atom. The van der Waals surface area contributed by atoms with Gasteiger partial charge in [0.2, 0.25) is 0 Å². The number of rotatable bonds is 17. The van der Waals surface area contributed by atoms with Gasteiger partial charge in [-0.3, -0.25) is 18.2 Å². The van der Waals surface area contributed by atoms with Crippen molar-refractivity contribution in [1.82, 2.24) is 0 Å². The van der Waals surface area contributed by atoms with Gasteiger partial charge in [0, 0.05) is 0 Å². The molecule has 0 aromatic heterocycles. The topological polar surface area (TPSA) is 217 Å². The number of hydrogen-bond donors (Lipinski definition) is 4. The lowest BCUT2D eigenvalue weighted by Gasteiger charge is -2.17. The molecule has 0 amide bonds. The van der Waals surface area contributed by atoms with Crippen molar-refractivity contribution in [1.29, 1.82) is 0 Å². The van der Waals surface area contributed by atoms with Crippen molar-refractivity contribution in [2.24, 2.45) is 0 Å². The lowest BCUT2D eigenvalue weighted by atomic mass is 10.2. The van der Waals surface area contributed by atoms with Crippen LogP contribution in [-0.2, 0) is 40.5 Å². The molecule has 2 unspecified atom stereocenters. The van der Waals surface area contributed by atoms with Crippen LogP contribution in [-0.4, -0.2) is 72.6 Å². The van der Waals surface area contributed by atoms with Crippen LogP contribution >= 0.6 is 21.6 Å². The molecule has 0 aliphatic carbocycles. The molecule has 0 radical (unpaired) electrons. The minimum Gasteiger partial charge on any atom is -0.286 e. The number of hydrogen-bond acceptors (Lipinski definition) is 10. The van der Waals surface area contributed by atoms with Crippen LogP contribution in [0, 0.1) is 0 Å². The van der Waals surface area contributed by atoms with E-state index in [1.165, 1.54) is 0 Å². The fraction of sp³-hybridized carbons (Fsp3) is 1.00. The Balaban J connectivity index is 4.68. The second-order valence-corrected chi connectivity index (χ2v) is 16.0. The molecule has 0 aliphatic rings. The van der Waals surface area contributed by atoms with Gasteiger partial charge in [0.1, 0.15) is 9.16 Å². The summed E-state index contributed by atoms with van der Waals surface area (Å²) >= 11 is 0. The monoisotopic (exact) mass is 554 g/mol. The van der Waals surface area contributed by atoms with E-state index in [1.54, 1.807) is 0 Å². The van der Waals surface area contributed by atoms with Gasteiger partial charge in [0.25, 0.3) is 40.5 Å². The number of unbranched alkanes of at least 4 members (excludes halogenated alkanes) is 4. The Kier molecular flexibility index (Phi) is 13.3. The molecule has 30 heavy (non-hydrogen) atoms. The summed E-state index contributed by atoms with van der Waals surface area (Å²) in [6.45, 7) is 0. The fourth-order valence-corrected chi connectivity index (χ4v) is 9.72. The van der Waals surface area contributed by atoms with E-state index in [-0.39, 0.29) is 51.4 Å². The molecule has 0 aromatic carbocycles. The first kappa shape index (κ1) is 30.3. The average Bonchev–Trinajstić information content (AvgIpc) is 2.50. The smallest absolute Gasteiger partial charge is 0.278 e. The van der Waals surface area contributed by atoms with E-state index in [2.05, 4.69) is 0 Å². The zero-order valence-corrected chi connectivity index (χ0v) is 20.6. The third-order valence-corrected chi connectivity index (χ3v) is 12.5. The van der Waals surface area contributed by atoms with Crippen LogP contribution in [0.2, 0.25) is 0 Å². The maximum absolute atomic E-state index is 11.5. The van der Waals surface area contributed by atoms with Gasteiger partial charge in [-0.25, -0.2) is 0 Å². The molecular weight excluding hydrogens is 529 g/mol. The second kappa shape index (κ2) is 13.1. The highest BCUT2D eigenvalue weighted by Gasteiger charge is 2.30. The van der Waals surface area contributed by atoms with Crippen molar-refractivity contribution in [3.05, 3.63) is 0 Å². The zero-order chi connectivity index (χ0) is 23.6. The molecule has 2 atom stereocenters. The van der Waals surface area contributed by atoms with Gasteiger partial charge >= 0.3 is 0 Å². The molecular formula is C12H26O12S6. The Labute approximate surface area is 185 Å². The second-order valence-electron chi connectivity index (χ2n) is 6.35. The molecule has 0 saturated carbocycles. The van der Waals surface area contributed by atoms with Gasteiger partial charge in [0.15, 0.2) is 0 Å². The van der Waals surface area contributed by atoms with Crippen LogP contribution in [0.3, 0.4) is 0 Å². The summed E-state index contributed by atoms with van der Waals surface area (Å²) in [6.07, 6.45) is 0.764. The normalized spacial score (nSPS) is 15.7. The first-order valence-corrected chi connectivity index (χ1v) is 17.1. The molecule has 0 bridgehead atoms. The van der Waals surface area contributed by atoms with E-state index in [0.717, 1.165) is 0 Å². The summed E-state index contributed by atoms with van der Waals surface area (Å²) in [4.78, 5) is 0. The Morgan fingerprint density at radius 2 is 0.800 bits per heavy atom. The Morgan fingerprint density at radius 1 is 0.500 bits per heavy atom. The van der Waals surface area contributed by atoms with Crippen molar-refractivity contribution in [3.63, 3.8) is 0 Å². The van der Waals surface area contributed by atoms with Crippen LogP contribution in [0.4, 0.5) is 0 Å². The standard InChI is InChI=1S/C12H26O12S6/c13-27(14,15)9-5-1-3-7-11(29(19,20)21)25-26-12(30(22,23)24)8-4-2-6-10-28(16,17)18/h11-12H,1-10H2,(H,13,14,15)(H,16,17,18)(H,19,20,21)(H,22,23,24). The highest BCUT2D eigenvalue weighted by Crippen LogP contribution is 2.39. The highest BCUT2D eigenvalue weighted by molar-refractivity contribution is 8.79. The van der Waals surface area contributed by atoms with Gasteiger partial charge in [0.05, 0.1) is 11.5 Å². The van der Waals surface area contributed by atoms with E-state index in [4.69, 9.17) is 9.11 Å². The Hall–Kier alpha value is 0.340. The summed E-state index contributed by atoms with van der Waals surface area (Å²) in [7, 11) is -16.3. The van der Waals surface area contributed by atoms with E-state index in [0.29, 0.717) is 21.6 Å². The SMILES string of the molecule is O=S(=O)(O)CCCCCC(SSC(CCCCCS(=O)(=O)O)S(=O)(=O)O)S(=O)(=O)O. The van der Waals surface area contributed by atoms with Crippen LogP contribution in [0.15, 0.2) is 0 Å². The van der Waals surface area contributed by atoms with E-state index in [1.807, 2.05) is 0 Å². The van der Waals surface area contributed by atoms with Gasteiger partial charge in [-0.2, -0.15) is 33.7 Å². The highest BCUT2D eigenvalue weighted by atomic mass is 33.1. The van der Waals surface area contributed by atoms with Crippen molar-refractivity contribution < 1.29 is 51.9 Å². The summed E-state index contributed by atoms with van der Waals surface area (Å²) in [5.74, 6) is -0.984. The fourth-order valence-electron chi connectivity index (χ4n) is 2.16. The molecule has 182 valence electrons. The third-order valence-electron chi connectivity index (χ3n) is 3.62. The van der Waals surface area contributed by atoms with Gasteiger partial charge < -0.3 is 0 Å². The summed E-state index contributed by atoms with van der Waals surface area (Å²) in [5, 5.41) is 0. The predicted octanol–water partition coefficient (Wildman–Crippen LogP) is 1.69. The molecule has 0 heterocycles. The largest absolute Gasteiger partial charge is 0.286 e. The molecule has 18 heteroatoms. The summed E-state index contributed by atoms with van der Waals surface area (Å²) in [5.41, 5.74) is 0. The molecule has 0 saturated heterocycles. The van der Waals surface area contributed by atoms with Crippen molar-refractivity contribution >= 4 is 62.1 Å². The molecule has 4 N–H and O–H groups in total. The van der Waals surface area contributed by atoms with Crippen LogP contribution in [0.25, 0.3) is 0 Å². The maximum Gasteiger partial charge on any atom is 0.278 e. The van der Waals surface area contributed by atoms with Gasteiger partial charge in [-0.1, -0.05) is 47.3 Å². The van der Waals surface area contributed by atoms with Crippen LogP contribution in [0.1, 0.15) is 51.4 Å². The predicted molar refractivity (Wildman–Crippen MR) is 116 cm³/mol. The van der Waals surface area contributed by atoms with Crippen molar-refractivity contribution in [3.8, 4) is 0 Å². The third kappa shape index (κ3) is 17.0. The maximum atomic E-state index is 11.5. The van der Waals surface area contributed by atoms with Crippen LogP contribution < -0.4 is 0 Å². The van der Waals surface area contributed by atoms with E-state index >= 15 is 0 Å². The van der Waals surface area contributed by atoms with Gasteiger partial charge in [-0.15, -0.1) is 0 Å². The molecule has 0 aliphatic heterocycles. The summed E-state index contributed by atoms with van der Waals surface area (Å²) < 4.78 is 122. The molecule has 0 spiro atoms. The Bertz CT molecular complexity index is 844. The first-order valence-electron chi connectivity index (χ1n) is 8.57. The molecule has 12 nitrogen and oxygen atoms in total. The minimum absolute atomic E-state index is 0.0754.